The van der Waals surface area contributed by atoms with Crippen LogP contribution < -0.4 is 4.90 Å². The topological polar surface area (TPSA) is 37.4 Å². The van der Waals surface area contributed by atoms with E-state index < -0.39 is 11.6 Å². The fourth-order valence-corrected chi connectivity index (χ4v) is 1.31. The van der Waals surface area contributed by atoms with Crippen molar-refractivity contribution in [3.8, 4) is 0 Å². The largest absolute Gasteiger partial charge is 0.317 e. The first-order valence-electron chi connectivity index (χ1n) is 4.17. The van der Waals surface area contributed by atoms with Crippen LogP contribution >= 0.6 is 11.6 Å². The molecular formula is C10H9ClFNO2. The summed E-state index contributed by atoms with van der Waals surface area (Å²) in [6.45, 7) is 0. The minimum atomic E-state index is -0.536. The van der Waals surface area contributed by atoms with Crippen molar-refractivity contribution in [3.05, 3.63) is 29.6 Å². The summed E-state index contributed by atoms with van der Waals surface area (Å²) in [6.07, 6.45) is 0.540. The zero-order chi connectivity index (χ0) is 11.4. The van der Waals surface area contributed by atoms with Gasteiger partial charge in [-0.25, -0.2) is 4.39 Å². The van der Waals surface area contributed by atoms with E-state index in [1.807, 2.05) is 0 Å². The van der Waals surface area contributed by atoms with E-state index >= 15 is 0 Å². The van der Waals surface area contributed by atoms with E-state index in [2.05, 4.69) is 0 Å². The van der Waals surface area contributed by atoms with Gasteiger partial charge in [0.05, 0.1) is 11.6 Å². The Morgan fingerprint density at radius 3 is 2.80 bits per heavy atom. The zero-order valence-corrected chi connectivity index (χ0v) is 8.79. The fraction of sp³-hybridized carbons (Fsp3) is 0.200. The van der Waals surface area contributed by atoms with Crippen molar-refractivity contribution in [2.45, 2.75) is 0 Å². The number of Topliss-reactive ketones (excluding diaryl/α,β-unsaturated/α-hetero) is 1. The van der Waals surface area contributed by atoms with Gasteiger partial charge in [0.25, 0.3) is 0 Å². The van der Waals surface area contributed by atoms with Gasteiger partial charge >= 0.3 is 0 Å². The molecule has 0 atom stereocenters. The number of alkyl halides is 1. The van der Waals surface area contributed by atoms with Gasteiger partial charge in [0.2, 0.25) is 6.41 Å². The van der Waals surface area contributed by atoms with E-state index in [-0.39, 0.29) is 11.4 Å². The van der Waals surface area contributed by atoms with Crippen LogP contribution in [0.5, 0.6) is 0 Å². The van der Waals surface area contributed by atoms with Crippen LogP contribution in [0.2, 0.25) is 0 Å². The van der Waals surface area contributed by atoms with E-state index in [1.54, 1.807) is 0 Å². The molecule has 0 heterocycles. The van der Waals surface area contributed by atoms with Crippen molar-refractivity contribution < 1.29 is 14.0 Å². The Bertz CT molecular complexity index is 395. The molecule has 0 bridgehead atoms. The lowest BCUT2D eigenvalue weighted by Crippen LogP contribution is -2.18. The second kappa shape index (κ2) is 4.89. The first-order chi connectivity index (χ1) is 7.10. The number of nitrogens with zero attached hydrogens (tertiary/aromatic N) is 1. The molecule has 0 radical (unpaired) electrons. The molecule has 0 fully saturated rings. The van der Waals surface area contributed by atoms with Gasteiger partial charge in [-0.05, 0) is 18.2 Å². The first kappa shape index (κ1) is 11.7. The average Bonchev–Trinajstić information content (AvgIpc) is 2.26. The van der Waals surface area contributed by atoms with Gasteiger partial charge in [0.1, 0.15) is 5.82 Å². The Morgan fingerprint density at radius 2 is 2.27 bits per heavy atom. The van der Waals surface area contributed by atoms with Crippen molar-refractivity contribution in [1.29, 1.82) is 0 Å². The van der Waals surface area contributed by atoms with Crippen molar-refractivity contribution in [1.82, 2.24) is 0 Å². The van der Waals surface area contributed by atoms with E-state index in [0.29, 0.717) is 12.1 Å². The monoisotopic (exact) mass is 229 g/mol. The molecule has 1 rings (SSSR count). The molecule has 0 unspecified atom stereocenters. The molecule has 0 saturated carbocycles. The van der Waals surface area contributed by atoms with Crippen LogP contribution in [0, 0.1) is 5.82 Å². The van der Waals surface area contributed by atoms with E-state index in [4.69, 9.17) is 11.6 Å². The average molecular weight is 230 g/mol. The first-order valence-corrected chi connectivity index (χ1v) is 4.70. The number of anilines is 1. The Hall–Kier alpha value is -1.42. The molecule has 0 spiro atoms. The lowest BCUT2D eigenvalue weighted by molar-refractivity contribution is -0.107. The van der Waals surface area contributed by atoms with Crippen LogP contribution in [-0.4, -0.2) is 25.1 Å². The molecular weight excluding hydrogens is 221 g/mol. The maximum Gasteiger partial charge on any atom is 0.213 e. The summed E-state index contributed by atoms with van der Waals surface area (Å²) >= 11 is 5.38. The second-order valence-corrected chi connectivity index (χ2v) is 3.20. The number of halogens is 2. The minimum absolute atomic E-state index is 0.111. The highest BCUT2D eigenvalue weighted by atomic mass is 35.5. The van der Waals surface area contributed by atoms with Gasteiger partial charge in [-0.3, -0.25) is 9.59 Å². The Balaban J connectivity index is 3.25. The molecule has 80 valence electrons. The summed E-state index contributed by atoms with van der Waals surface area (Å²) < 4.78 is 12.9. The number of carbonyl (C=O) groups excluding carboxylic acids is 2. The van der Waals surface area contributed by atoms with E-state index in [9.17, 15) is 14.0 Å². The van der Waals surface area contributed by atoms with Crippen molar-refractivity contribution in [2.75, 3.05) is 17.8 Å². The molecule has 3 nitrogen and oxygen atoms in total. The molecule has 0 aromatic heterocycles. The molecule has 0 aliphatic carbocycles. The van der Waals surface area contributed by atoms with Crippen molar-refractivity contribution >= 4 is 29.5 Å². The van der Waals surface area contributed by atoms with Crippen LogP contribution in [-0.2, 0) is 4.79 Å². The number of ketones is 1. The molecule has 0 saturated heterocycles. The van der Waals surface area contributed by atoms with Gasteiger partial charge in [-0.15, -0.1) is 11.6 Å². The fourth-order valence-electron chi connectivity index (χ4n) is 1.17. The Kier molecular flexibility index (Phi) is 3.80. The second-order valence-electron chi connectivity index (χ2n) is 2.93. The molecule has 0 aliphatic rings. The van der Waals surface area contributed by atoms with Gasteiger partial charge in [-0.2, -0.15) is 0 Å². The Morgan fingerprint density at radius 1 is 1.60 bits per heavy atom. The summed E-state index contributed by atoms with van der Waals surface area (Å²) in [7, 11) is 1.48. The maximum atomic E-state index is 12.9. The number of rotatable bonds is 4. The SMILES string of the molecule is CN(C=O)c1ccc(F)cc1C(=O)CCl. The summed E-state index contributed by atoms with van der Waals surface area (Å²) in [5.41, 5.74) is 0.455. The molecule has 1 aromatic carbocycles. The normalized spacial score (nSPS) is 9.80. The highest BCUT2D eigenvalue weighted by Crippen LogP contribution is 2.20. The predicted molar refractivity (Wildman–Crippen MR) is 55.9 cm³/mol. The molecule has 1 amide bonds. The maximum absolute atomic E-state index is 12.9. The minimum Gasteiger partial charge on any atom is -0.317 e. The molecule has 5 heteroatoms. The number of hydrogen-bond donors (Lipinski definition) is 0. The van der Waals surface area contributed by atoms with Crippen LogP contribution in [0.3, 0.4) is 0 Å². The third-order valence-corrected chi connectivity index (χ3v) is 2.16. The van der Waals surface area contributed by atoms with E-state index in [1.165, 1.54) is 24.1 Å². The lowest BCUT2D eigenvalue weighted by atomic mass is 10.1. The van der Waals surface area contributed by atoms with Gasteiger partial charge in [0.15, 0.2) is 5.78 Å². The summed E-state index contributed by atoms with van der Waals surface area (Å²) in [6, 6.07) is 3.61. The van der Waals surface area contributed by atoms with E-state index in [0.717, 1.165) is 6.07 Å². The highest BCUT2D eigenvalue weighted by Gasteiger charge is 2.14. The van der Waals surface area contributed by atoms with Crippen LogP contribution in [0.4, 0.5) is 10.1 Å². The van der Waals surface area contributed by atoms with Crippen LogP contribution in [0.1, 0.15) is 10.4 Å². The highest BCUT2D eigenvalue weighted by molar-refractivity contribution is 6.31. The summed E-state index contributed by atoms with van der Waals surface area (Å²) in [5.74, 6) is -1.20. The lowest BCUT2D eigenvalue weighted by Gasteiger charge is -2.14. The number of carbonyl (C=O) groups is 2. The zero-order valence-electron chi connectivity index (χ0n) is 8.04. The molecule has 0 N–H and O–H groups in total. The van der Waals surface area contributed by atoms with Crippen molar-refractivity contribution in [3.63, 3.8) is 0 Å². The predicted octanol–water partition coefficient (Wildman–Crippen LogP) is 1.84. The van der Waals surface area contributed by atoms with Crippen molar-refractivity contribution in [2.24, 2.45) is 0 Å². The molecule has 1 aromatic rings. The van der Waals surface area contributed by atoms with Gasteiger partial charge in [-0.1, -0.05) is 0 Å². The molecule has 15 heavy (non-hydrogen) atoms. The summed E-state index contributed by atoms with van der Waals surface area (Å²) in [5, 5.41) is 0. The summed E-state index contributed by atoms with van der Waals surface area (Å²) in [4.78, 5) is 23.1. The van der Waals surface area contributed by atoms with Crippen LogP contribution in [0.25, 0.3) is 0 Å². The molecule has 0 aliphatic heterocycles. The van der Waals surface area contributed by atoms with Gasteiger partial charge in [0, 0.05) is 12.6 Å². The Labute approximate surface area is 91.4 Å². The van der Waals surface area contributed by atoms with Gasteiger partial charge < -0.3 is 4.90 Å². The standard InChI is InChI=1S/C10H9ClFNO2/c1-13(6-14)9-3-2-7(12)4-8(9)10(15)5-11/h2-4,6H,5H2,1H3. The number of benzene rings is 1. The number of hydrogen-bond acceptors (Lipinski definition) is 2. The number of amides is 1. The smallest absolute Gasteiger partial charge is 0.213 e. The third-order valence-electron chi connectivity index (χ3n) is 1.92. The quantitative estimate of drug-likeness (QED) is 0.449. The third kappa shape index (κ3) is 2.53. The van der Waals surface area contributed by atoms with Crippen LogP contribution in [0.15, 0.2) is 18.2 Å².